The van der Waals surface area contributed by atoms with Crippen molar-refractivity contribution in [3.63, 3.8) is 0 Å². The van der Waals surface area contributed by atoms with Gasteiger partial charge in [-0.2, -0.15) is 5.10 Å². The van der Waals surface area contributed by atoms with E-state index in [0.29, 0.717) is 0 Å². The van der Waals surface area contributed by atoms with Crippen LogP contribution in [0.5, 0.6) is 0 Å². The molecule has 1 aliphatic heterocycles. The average Bonchev–Trinajstić information content (AvgIpc) is 2.78. The second kappa shape index (κ2) is 6.85. The molecule has 1 aromatic heterocycles. The summed E-state index contributed by atoms with van der Waals surface area (Å²) >= 11 is 9.84. The fraction of sp³-hybridized carbons (Fsp3) is 0.250. The van der Waals surface area contributed by atoms with E-state index in [-0.39, 0.29) is 0 Å². The van der Waals surface area contributed by atoms with Crippen LogP contribution in [0.15, 0.2) is 46.9 Å². The number of fused-ring (bicyclic) bond motifs is 1. The molecular formula is C20H19BrClN3. The number of hydrogen-bond acceptors (Lipinski definition) is 2. The molecule has 1 aliphatic rings. The Labute approximate surface area is 161 Å². The third kappa shape index (κ3) is 3.21. The third-order valence-corrected chi connectivity index (χ3v) is 5.36. The lowest BCUT2D eigenvalue weighted by Crippen LogP contribution is -2.08. The molecule has 0 unspecified atom stereocenters. The molecule has 1 N–H and O–H groups in total. The summed E-state index contributed by atoms with van der Waals surface area (Å²) in [4.78, 5) is 0. The summed E-state index contributed by atoms with van der Waals surface area (Å²) in [6, 6.07) is 14.3. The highest BCUT2D eigenvalue weighted by atomic mass is 79.9. The molecule has 128 valence electrons. The third-order valence-electron chi connectivity index (χ3n) is 4.63. The Morgan fingerprint density at radius 2 is 2.04 bits per heavy atom. The molecule has 0 amide bonds. The summed E-state index contributed by atoms with van der Waals surface area (Å²) in [6.07, 6.45) is 3.37. The monoisotopic (exact) mass is 415 g/mol. The molecule has 0 aliphatic carbocycles. The van der Waals surface area contributed by atoms with Gasteiger partial charge >= 0.3 is 0 Å². The van der Waals surface area contributed by atoms with E-state index < -0.39 is 0 Å². The highest BCUT2D eigenvalue weighted by molar-refractivity contribution is 9.10. The number of nitrogens with one attached hydrogen (secondary N) is 1. The molecule has 3 aromatic rings. The van der Waals surface area contributed by atoms with Crippen LogP contribution >= 0.6 is 27.5 Å². The van der Waals surface area contributed by atoms with E-state index in [4.69, 9.17) is 16.7 Å². The molecule has 0 spiro atoms. The minimum atomic E-state index is 0.725. The Hall–Kier alpha value is -1.78. The van der Waals surface area contributed by atoms with Crippen LogP contribution in [-0.2, 0) is 6.42 Å². The van der Waals surface area contributed by atoms with E-state index in [9.17, 15) is 0 Å². The van der Waals surface area contributed by atoms with Crippen molar-refractivity contribution in [3.8, 4) is 16.9 Å². The molecule has 4 rings (SSSR count). The quantitative estimate of drug-likeness (QED) is 0.554. The molecule has 0 bridgehead atoms. The van der Waals surface area contributed by atoms with Crippen LogP contribution in [-0.4, -0.2) is 16.3 Å². The lowest BCUT2D eigenvalue weighted by Gasteiger charge is -2.12. The lowest BCUT2D eigenvalue weighted by atomic mass is 10.0. The topological polar surface area (TPSA) is 29.9 Å². The molecule has 2 heterocycles. The van der Waals surface area contributed by atoms with Gasteiger partial charge in [-0.15, -0.1) is 0 Å². The van der Waals surface area contributed by atoms with E-state index in [1.165, 1.54) is 18.4 Å². The predicted octanol–water partition coefficient (Wildman–Crippen LogP) is 6.01. The van der Waals surface area contributed by atoms with Crippen LogP contribution in [0.3, 0.4) is 0 Å². The SMILES string of the molecule is Cc1ccc(Cl)cc1-n1nc(-c2cccc(Br)c2)c2c1NCCCC2. The number of aromatic nitrogens is 2. The molecule has 0 saturated heterocycles. The van der Waals surface area contributed by atoms with Crippen molar-refractivity contribution in [2.45, 2.75) is 26.2 Å². The Morgan fingerprint density at radius 3 is 2.88 bits per heavy atom. The van der Waals surface area contributed by atoms with Gasteiger partial charge in [0.1, 0.15) is 5.82 Å². The number of anilines is 1. The van der Waals surface area contributed by atoms with Crippen molar-refractivity contribution in [1.29, 1.82) is 0 Å². The van der Waals surface area contributed by atoms with Crippen molar-refractivity contribution in [1.82, 2.24) is 9.78 Å². The number of benzene rings is 2. The van der Waals surface area contributed by atoms with Gasteiger partial charge in [0.15, 0.2) is 0 Å². The van der Waals surface area contributed by atoms with Crippen LogP contribution in [0.25, 0.3) is 16.9 Å². The molecule has 0 fully saturated rings. The first kappa shape index (κ1) is 16.7. The van der Waals surface area contributed by atoms with Gasteiger partial charge in [0.25, 0.3) is 0 Å². The normalized spacial score (nSPS) is 13.9. The van der Waals surface area contributed by atoms with E-state index in [2.05, 4.69) is 46.4 Å². The maximum absolute atomic E-state index is 6.26. The standard InChI is InChI=1S/C20H19BrClN3/c1-13-8-9-16(22)12-18(13)25-20-17(7-2-3-10-23-20)19(24-25)14-5-4-6-15(21)11-14/h4-6,8-9,11-12,23H,2-3,7,10H2,1H3. The predicted molar refractivity (Wildman–Crippen MR) is 108 cm³/mol. The van der Waals surface area contributed by atoms with Gasteiger partial charge in [0.05, 0.1) is 11.4 Å². The second-order valence-corrected chi connectivity index (χ2v) is 7.76. The highest BCUT2D eigenvalue weighted by Gasteiger charge is 2.22. The zero-order valence-corrected chi connectivity index (χ0v) is 16.4. The summed E-state index contributed by atoms with van der Waals surface area (Å²) in [6.45, 7) is 3.06. The summed E-state index contributed by atoms with van der Waals surface area (Å²) in [7, 11) is 0. The maximum Gasteiger partial charge on any atom is 0.133 e. The van der Waals surface area contributed by atoms with Crippen LogP contribution in [0.1, 0.15) is 24.0 Å². The maximum atomic E-state index is 6.26. The zero-order chi connectivity index (χ0) is 17.4. The van der Waals surface area contributed by atoms with Crippen molar-refractivity contribution >= 4 is 33.3 Å². The average molecular weight is 417 g/mol. The van der Waals surface area contributed by atoms with Gasteiger partial charge in [0.2, 0.25) is 0 Å². The number of hydrogen-bond donors (Lipinski definition) is 1. The molecule has 0 atom stereocenters. The number of rotatable bonds is 2. The molecule has 3 nitrogen and oxygen atoms in total. The first-order valence-electron chi connectivity index (χ1n) is 8.52. The summed E-state index contributed by atoms with van der Waals surface area (Å²) < 4.78 is 3.09. The molecule has 2 aromatic carbocycles. The van der Waals surface area contributed by atoms with E-state index in [1.807, 2.05) is 28.9 Å². The smallest absolute Gasteiger partial charge is 0.133 e. The Balaban J connectivity index is 1.95. The van der Waals surface area contributed by atoms with Gasteiger partial charge in [-0.1, -0.05) is 45.7 Å². The van der Waals surface area contributed by atoms with Crippen molar-refractivity contribution in [2.24, 2.45) is 0 Å². The largest absolute Gasteiger partial charge is 0.370 e. The summed E-state index contributed by atoms with van der Waals surface area (Å²) in [5, 5.41) is 9.31. The van der Waals surface area contributed by atoms with Crippen molar-refractivity contribution in [3.05, 3.63) is 63.1 Å². The van der Waals surface area contributed by atoms with Crippen LogP contribution in [0, 0.1) is 6.92 Å². The van der Waals surface area contributed by atoms with E-state index >= 15 is 0 Å². The Kier molecular flexibility index (Phi) is 4.57. The first-order valence-corrected chi connectivity index (χ1v) is 9.69. The van der Waals surface area contributed by atoms with E-state index in [1.54, 1.807) is 0 Å². The second-order valence-electron chi connectivity index (χ2n) is 6.41. The van der Waals surface area contributed by atoms with Crippen molar-refractivity contribution in [2.75, 3.05) is 11.9 Å². The minimum absolute atomic E-state index is 0.725. The van der Waals surface area contributed by atoms with Crippen LogP contribution in [0.2, 0.25) is 5.02 Å². The zero-order valence-electron chi connectivity index (χ0n) is 14.0. The molecular weight excluding hydrogens is 398 g/mol. The number of nitrogens with zero attached hydrogens (tertiary/aromatic N) is 2. The van der Waals surface area contributed by atoms with Crippen LogP contribution in [0.4, 0.5) is 5.82 Å². The Bertz CT molecular complexity index is 933. The van der Waals surface area contributed by atoms with Gasteiger partial charge in [0, 0.05) is 27.2 Å². The van der Waals surface area contributed by atoms with Gasteiger partial charge in [-0.3, -0.25) is 0 Å². The molecule has 0 saturated carbocycles. The fourth-order valence-electron chi connectivity index (χ4n) is 3.36. The summed E-state index contributed by atoms with van der Waals surface area (Å²) in [5.41, 5.74) is 5.65. The molecule has 5 heteroatoms. The molecule has 0 radical (unpaired) electrons. The lowest BCUT2D eigenvalue weighted by molar-refractivity contribution is 0.779. The van der Waals surface area contributed by atoms with Crippen molar-refractivity contribution < 1.29 is 0 Å². The first-order chi connectivity index (χ1) is 12.1. The minimum Gasteiger partial charge on any atom is -0.370 e. The Morgan fingerprint density at radius 1 is 1.16 bits per heavy atom. The number of aryl methyl sites for hydroxylation is 1. The fourth-order valence-corrected chi connectivity index (χ4v) is 3.92. The molecule has 25 heavy (non-hydrogen) atoms. The number of halogens is 2. The van der Waals surface area contributed by atoms with E-state index in [0.717, 1.165) is 50.8 Å². The van der Waals surface area contributed by atoms with Crippen LogP contribution < -0.4 is 5.32 Å². The van der Waals surface area contributed by atoms with Gasteiger partial charge < -0.3 is 5.32 Å². The van der Waals surface area contributed by atoms with Gasteiger partial charge in [-0.05, 0) is 56.0 Å². The van der Waals surface area contributed by atoms with Gasteiger partial charge in [-0.25, -0.2) is 4.68 Å². The summed E-state index contributed by atoms with van der Waals surface area (Å²) in [5.74, 6) is 1.10. The highest BCUT2D eigenvalue weighted by Crippen LogP contribution is 2.35.